The molecule has 32 heavy (non-hydrogen) atoms. The Morgan fingerprint density at radius 3 is 2.41 bits per heavy atom. The van der Waals surface area contributed by atoms with Gasteiger partial charge < -0.3 is 16.0 Å². The van der Waals surface area contributed by atoms with Gasteiger partial charge in [0.05, 0.1) is 5.69 Å². The second kappa shape index (κ2) is 10.8. The fraction of sp³-hybridized carbons (Fsp3) is 0.625. The number of nitrogens with two attached hydrogens (primary N) is 1. The van der Waals surface area contributed by atoms with E-state index in [9.17, 15) is 14.0 Å². The van der Waals surface area contributed by atoms with Gasteiger partial charge in [-0.3, -0.25) is 9.69 Å². The van der Waals surface area contributed by atoms with Gasteiger partial charge in [-0.25, -0.2) is 14.2 Å². The Bertz CT molecular complexity index is 827. The van der Waals surface area contributed by atoms with Crippen molar-refractivity contribution in [2.24, 2.45) is 16.6 Å². The Hall–Kier alpha value is -2.64. The molecule has 3 N–H and O–H groups in total. The summed E-state index contributed by atoms with van der Waals surface area (Å²) in [6, 6.07) is 5.84. The highest BCUT2D eigenvalue weighted by atomic mass is 19.1. The molecular weight excluding hydrogens is 409 g/mol. The van der Waals surface area contributed by atoms with E-state index in [0.29, 0.717) is 25.6 Å². The first-order chi connectivity index (χ1) is 15.4. The van der Waals surface area contributed by atoms with Crippen LogP contribution in [0.4, 0.5) is 14.9 Å². The van der Waals surface area contributed by atoms with Gasteiger partial charge in [-0.2, -0.15) is 0 Å². The van der Waals surface area contributed by atoms with E-state index in [-0.39, 0.29) is 23.5 Å². The van der Waals surface area contributed by atoms with E-state index in [0.717, 1.165) is 51.4 Å². The number of likely N-dealkylation sites (tertiary alicyclic amines) is 1. The van der Waals surface area contributed by atoms with Crippen LogP contribution in [0, 0.1) is 11.7 Å². The average molecular weight is 446 g/mol. The smallest absolute Gasteiger partial charge is 0.321 e. The summed E-state index contributed by atoms with van der Waals surface area (Å²) in [7, 11) is 0. The monoisotopic (exact) mass is 445 g/mol. The highest BCUT2D eigenvalue weighted by molar-refractivity contribution is 6.06. The summed E-state index contributed by atoms with van der Waals surface area (Å²) >= 11 is 0. The van der Waals surface area contributed by atoms with Crippen molar-refractivity contribution in [2.75, 3.05) is 25.0 Å². The third-order valence-electron chi connectivity index (χ3n) is 6.59. The summed E-state index contributed by atoms with van der Waals surface area (Å²) in [4.78, 5) is 33.9. The minimum atomic E-state index is -0.698. The number of halogens is 1. The quantitative estimate of drug-likeness (QED) is 0.592. The lowest BCUT2D eigenvalue weighted by molar-refractivity contribution is -0.132. The largest absolute Gasteiger partial charge is 0.369 e. The average Bonchev–Trinajstić information content (AvgIpc) is 3.02. The molecule has 0 aliphatic carbocycles. The molecule has 1 fully saturated rings. The van der Waals surface area contributed by atoms with Crippen molar-refractivity contribution in [3.05, 3.63) is 30.1 Å². The molecule has 3 rings (SSSR count). The number of carbonyl (C=O) groups is 2. The molecule has 1 aromatic rings. The van der Waals surface area contributed by atoms with Crippen LogP contribution in [-0.2, 0) is 4.79 Å². The third kappa shape index (κ3) is 5.40. The van der Waals surface area contributed by atoms with Crippen LogP contribution in [-0.4, -0.2) is 52.9 Å². The van der Waals surface area contributed by atoms with Crippen molar-refractivity contribution in [2.45, 2.75) is 70.8 Å². The molecule has 8 heteroatoms. The van der Waals surface area contributed by atoms with Gasteiger partial charge in [-0.05, 0) is 43.7 Å². The molecule has 2 aliphatic rings. The van der Waals surface area contributed by atoms with Crippen LogP contribution in [0.1, 0.15) is 65.2 Å². The Kier molecular flexibility index (Phi) is 8.10. The fourth-order valence-corrected chi connectivity index (χ4v) is 4.58. The number of nitrogens with zero attached hydrogens (tertiary/aromatic N) is 3. The van der Waals surface area contributed by atoms with Crippen molar-refractivity contribution in [3.8, 4) is 0 Å². The van der Waals surface area contributed by atoms with Crippen LogP contribution in [0.15, 0.2) is 29.3 Å². The highest BCUT2D eigenvalue weighted by Crippen LogP contribution is 2.34. The van der Waals surface area contributed by atoms with Crippen LogP contribution < -0.4 is 11.1 Å². The van der Waals surface area contributed by atoms with Gasteiger partial charge in [-0.15, -0.1) is 0 Å². The number of carbonyl (C=O) groups excluding carboxylic acids is 2. The zero-order chi connectivity index (χ0) is 23.1. The van der Waals surface area contributed by atoms with E-state index in [4.69, 9.17) is 5.73 Å². The number of unbranched alkanes of at least 4 members (excludes halogenated alkanes) is 2. The molecule has 0 aromatic heterocycles. The molecule has 2 heterocycles. The molecule has 1 saturated heterocycles. The minimum absolute atomic E-state index is 0.0385. The van der Waals surface area contributed by atoms with E-state index >= 15 is 0 Å². The number of hydrogen-bond acceptors (Lipinski definition) is 4. The van der Waals surface area contributed by atoms with E-state index < -0.39 is 11.4 Å². The maximum atomic E-state index is 13.8. The number of hydrogen-bond donors (Lipinski definition) is 2. The number of aliphatic imine (C=N–C) groups is 1. The van der Waals surface area contributed by atoms with Crippen molar-refractivity contribution < 1.29 is 14.0 Å². The molecule has 176 valence electrons. The highest BCUT2D eigenvalue weighted by Gasteiger charge is 2.47. The number of urea groups is 1. The maximum Gasteiger partial charge on any atom is 0.321 e. The lowest BCUT2D eigenvalue weighted by Gasteiger charge is -2.34. The molecule has 1 aromatic carbocycles. The molecule has 0 atom stereocenters. The summed E-state index contributed by atoms with van der Waals surface area (Å²) in [5, 5.41) is 2.64. The molecule has 0 radical (unpaired) electrons. The Morgan fingerprint density at radius 1 is 1.19 bits per heavy atom. The van der Waals surface area contributed by atoms with Gasteiger partial charge >= 0.3 is 6.03 Å². The van der Waals surface area contributed by atoms with Gasteiger partial charge in [0, 0.05) is 19.6 Å². The number of amides is 3. The molecule has 7 nitrogen and oxygen atoms in total. The molecule has 0 spiro atoms. The second-order valence-electron chi connectivity index (χ2n) is 8.96. The van der Waals surface area contributed by atoms with Crippen LogP contribution in [0.3, 0.4) is 0 Å². The third-order valence-corrected chi connectivity index (χ3v) is 6.59. The van der Waals surface area contributed by atoms with E-state index in [1.807, 2.05) is 0 Å². The molecule has 0 bridgehead atoms. The zero-order valence-corrected chi connectivity index (χ0v) is 19.3. The minimum Gasteiger partial charge on any atom is -0.369 e. The fourth-order valence-electron chi connectivity index (χ4n) is 4.58. The van der Waals surface area contributed by atoms with E-state index in [1.165, 1.54) is 6.07 Å². The van der Waals surface area contributed by atoms with Crippen molar-refractivity contribution in [1.29, 1.82) is 0 Å². The van der Waals surface area contributed by atoms with E-state index in [1.54, 1.807) is 28.0 Å². The van der Waals surface area contributed by atoms with Crippen LogP contribution in [0.5, 0.6) is 0 Å². The summed E-state index contributed by atoms with van der Waals surface area (Å²) in [6.45, 7) is 5.89. The molecule has 3 amide bonds. The second-order valence-corrected chi connectivity index (χ2v) is 8.96. The number of para-hydroxylation sites is 1. The summed E-state index contributed by atoms with van der Waals surface area (Å²) in [6.07, 6.45) is 6.96. The van der Waals surface area contributed by atoms with Gasteiger partial charge in [0.1, 0.15) is 11.4 Å². The first kappa shape index (κ1) is 24.0. The number of rotatable bonds is 9. The van der Waals surface area contributed by atoms with E-state index in [2.05, 4.69) is 24.2 Å². The van der Waals surface area contributed by atoms with Crippen LogP contribution in [0.2, 0.25) is 0 Å². The topological polar surface area (TPSA) is 91.0 Å². The molecule has 2 aliphatic heterocycles. The van der Waals surface area contributed by atoms with Crippen molar-refractivity contribution in [3.63, 3.8) is 0 Å². The maximum absolute atomic E-state index is 13.8. The number of nitrogens with one attached hydrogen (secondary N) is 1. The summed E-state index contributed by atoms with van der Waals surface area (Å²) in [5.41, 5.74) is 5.71. The summed E-state index contributed by atoms with van der Waals surface area (Å²) < 4.78 is 13.8. The standard InChI is InChI=1S/C24H36FN5O2/c1-3-5-13-24(14-6-4-2)21(31)30(22(26)28-24)17-18-11-15-29(16-12-18)23(32)27-20-10-8-7-9-19(20)25/h7-10,18H,3-6,11-17H2,1-2H3,(H2,26,28)(H,27,32). The van der Waals surface area contributed by atoms with Crippen LogP contribution in [0.25, 0.3) is 0 Å². The Balaban J connectivity index is 1.55. The van der Waals surface area contributed by atoms with Gasteiger partial charge in [-0.1, -0.05) is 51.7 Å². The predicted octanol–water partition coefficient (Wildman–Crippen LogP) is 4.35. The number of piperidine rings is 1. The van der Waals surface area contributed by atoms with Gasteiger partial charge in [0.25, 0.3) is 5.91 Å². The Labute approximate surface area is 190 Å². The lowest BCUT2D eigenvalue weighted by atomic mass is 9.87. The number of anilines is 1. The lowest BCUT2D eigenvalue weighted by Crippen LogP contribution is -2.48. The molecule has 0 unspecified atom stereocenters. The van der Waals surface area contributed by atoms with Gasteiger partial charge in [0.15, 0.2) is 5.96 Å². The number of guanidine groups is 1. The summed E-state index contributed by atoms with van der Waals surface area (Å²) in [5.74, 6) is 0.171. The van der Waals surface area contributed by atoms with Crippen molar-refractivity contribution in [1.82, 2.24) is 9.80 Å². The first-order valence-electron chi connectivity index (χ1n) is 11.9. The van der Waals surface area contributed by atoms with Gasteiger partial charge in [0.2, 0.25) is 0 Å². The van der Waals surface area contributed by atoms with Crippen molar-refractivity contribution >= 4 is 23.6 Å². The Morgan fingerprint density at radius 2 is 1.81 bits per heavy atom. The SMILES string of the molecule is CCCCC1(CCCC)N=C(N)N(CC2CCN(C(=O)Nc3ccccc3F)CC2)C1=O. The predicted molar refractivity (Wildman–Crippen MR) is 125 cm³/mol. The first-order valence-corrected chi connectivity index (χ1v) is 11.9. The molecular formula is C24H36FN5O2. The zero-order valence-electron chi connectivity index (χ0n) is 19.3. The van der Waals surface area contributed by atoms with Crippen LogP contribution >= 0.6 is 0 Å². The number of benzene rings is 1. The molecule has 0 saturated carbocycles. The normalized spacial score (nSPS) is 18.7.